The van der Waals surface area contributed by atoms with Crippen LogP contribution in [0.1, 0.15) is 34.3 Å². The molecule has 0 bridgehead atoms. The summed E-state index contributed by atoms with van der Waals surface area (Å²) in [6.45, 7) is 5.75. The summed E-state index contributed by atoms with van der Waals surface area (Å²) in [5.41, 5.74) is 4.05. The van der Waals surface area contributed by atoms with Crippen LogP contribution in [0.15, 0.2) is 48.5 Å². The minimum atomic E-state index is 0.00719. The van der Waals surface area contributed by atoms with Gasteiger partial charge < -0.3 is 15.5 Å². The molecular weight excluding hydrogens is 342 g/mol. The van der Waals surface area contributed by atoms with E-state index in [-0.39, 0.29) is 11.9 Å². The standard InChI is InChI=1S/C21H25N3OS/c1-15-6-5-8-17(14-15)20(25)22-18-10-12-24(13-11-18)21(26)23-19-9-4-3-7-16(19)2/h3-9,14,18H,10-13H2,1-2H3,(H,22,25)(H,23,26). The van der Waals surface area contributed by atoms with Crippen LogP contribution in [0.25, 0.3) is 0 Å². The Labute approximate surface area is 160 Å². The third-order valence-electron chi connectivity index (χ3n) is 4.78. The van der Waals surface area contributed by atoms with Gasteiger partial charge in [0, 0.05) is 30.4 Å². The van der Waals surface area contributed by atoms with E-state index in [2.05, 4.69) is 28.5 Å². The minimum Gasteiger partial charge on any atom is -0.349 e. The summed E-state index contributed by atoms with van der Waals surface area (Å²) in [5, 5.41) is 7.24. The van der Waals surface area contributed by atoms with Crippen molar-refractivity contribution in [1.82, 2.24) is 10.2 Å². The van der Waals surface area contributed by atoms with E-state index >= 15 is 0 Å². The normalized spacial score (nSPS) is 14.8. The predicted octanol–water partition coefficient (Wildman–Crippen LogP) is 3.89. The number of thiocarbonyl (C=S) groups is 1. The van der Waals surface area contributed by atoms with Crippen LogP contribution in [0.4, 0.5) is 5.69 Å². The van der Waals surface area contributed by atoms with Crippen LogP contribution in [0, 0.1) is 13.8 Å². The molecule has 0 radical (unpaired) electrons. The fraction of sp³-hybridized carbons (Fsp3) is 0.333. The van der Waals surface area contributed by atoms with Crippen molar-refractivity contribution >= 4 is 28.9 Å². The van der Waals surface area contributed by atoms with E-state index in [1.165, 1.54) is 5.56 Å². The number of nitrogens with one attached hydrogen (secondary N) is 2. The molecule has 2 N–H and O–H groups in total. The lowest BCUT2D eigenvalue weighted by molar-refractivity contribution is 0.0922. The Hall–Kier alpha value is -2.40. The summed E-state index contributed by atoms with van der Waals surface area (Å²) < 4.78 is 0. The first kappa shape index (κ1) is 18.4. The monoisotopic (exact) mass is 367 g/mol. The average Bonchev–Trinajstić information content (AvgIpc) is 2.64. The first-order valence-corrected chi connectivity index (χ1v) is 9.43. The van der Waals surface area contributed by atoms with Gasteiger partial charge >= 0.3 is 0 Å². The van der Waals surface area contributed by atoms with Gasteiger partial charge in [0.05, 0.1) is 0 Å². The van der Waals surface area contributed by atoms with Crippen LogP contribution in [0.3, 0.4) is 0 Å². The predicted molar refractivity (Wildman–Crippen MR) is 111 cm³/mol. The van der Waals surface area contributed by atoms with Gasteiger partial charge in [-0.2, -0.15) is 0 Å². The van der Waals surface area contributed by atoms with Crippen LogP contribution in [0.2, 0.25) is 0 Å². The SMILES string of the molecule is Cc1cccc(C(=O)NC2CCN(C(=S)Nc3ccccc3C)CC2)c1. The molecule has 1 aliphatic heterocycles. The second kappa shape index (κ2) is 8.32. The molecule has 0 aromatic heterocycles. The van der Waals surface area contributed by atoms with E-state index < -0.39 is 0 Å². The van der Waals surface area contributed by atoms with E-state index in [1.54, 1.807) is 0 Å². The Morgan fingerprint density at radius 2 is 1.81 bits per heavy atom. The second-order valence-corrected chi connectivity index (χ2v) is 7.24. The molecule has 0 aliphatic carbocycles. The van der Waals surface area contributed by atoms with Crippen molar-refractivity contribution in [2.24, 2.45) is 0 Å². The quantitative estimate of drug-likeness (QED) is 0.808. The van der Waals surface area contributed by atoms with E-state index in [9.17, 15) is 4.79 Å². The van der Waals surface area contributed by atoms with Gasteiger partial charge in [-0.1, -0.05) is 35.9 Å². The fourth-order valence-electron chi connectivity index (χ4n) is 3.19. The molecule has 0 atom stereocenters. The van der Waals surface area contributed by atoms with E-state index in [4.69, 9.17) is 12.2 Å². The Balaban J connectivity index is 1.50. The number of piperidine rings is 1. The van der Waals surface area contributed by atoms with Crippen LogP contribution < -0.4 is 10.6 Å². The third kappa shape index (κ3) is 4.61. The summed E-state index contributed by atoms with van der Waals surface area (Å²) in [5.74, 6) is 0.00719. The molecule has 0 saturated carbocycles. The maximum absolute atomic E-state index is 12.4. The highest BCUT2D eigenvalue weighted by Crippen LogP contribution is 2.17. The minimum absolute atomic E-state index is 0.00719. The Bertz CT molecular complexity index is 797. The average molecular weight is 368 g/mol. The van der Waals surface area contributed by atoms with Gasteiger partial charge in [0.25, 0.3) is 5.91 Å². The molecule has 1 fully saturated rings. The number of benzene rings is 2. The molecule has 1 aliphatic rings. The van der Waals surface area contributed by atoms with Gasteiger partial charge in [-0.15, -0.1) is 0 Å². The Morgan fingerprint density at radius 3 is 2.50 bits per heavy atom. The van der Waals surface area contributed by atoms with Gasteiger partial charge in [-0.3, -0.25) is 4.79 Å². The van der Waals surface area contributed by atoms with E-state index in [0.29, 0.717) is 0 Å². The van der Waals surface area contributed by atoms with E-state index in [1.807, 2.05) is 49.4 Å². The number of nitrogens with zero attached hydrogens (tertiary/aromatic N) is 1. The van der Waals surface area contributed by atoms with Crippen molar-refractivity contribution < 1.29 is 4.79 Å². The largest absolute Gasteiger partial charge is 0.349 e. The van der Waals surface area contributed by atoms with Gasteiger partial charge in [0.15, 0.2) is 5.11 Å². The number of hydrogen-bond acceptors (Lipinski definition) is 2. The molecule has 1 heterocycles. The van der Waals surface area contributed by atoms with Crippen molar-refractivity contribution in [2.45, 2.75) is 32.7 Å². The lowest BCUT2D eigenvalue weighted by Crippen LogP contribution is -2.47. The zero-order valence-corrected chi connectivity index (χ0v) is 16.1. The number of anilines is 1. The number of carbonyl (C=O) groups excluding carboxylic acids is 1. The molecular formula is C21H25N3OS. The molecule has 1 amide bonds. The molecule has 2 aromatic rings. The smallest absolute Gasteiger partial charge is 0.251 e. The van der Waals surface area contributed by atoms with Crippen LogP contribution in [-0.2, 0) is 0 Å². The molecule has 26 heavy (non-hydrogen) atoms. The van der Waals surface area contributed by atoms with Gasteiger partial charge in [-0.05, 0) is 62.7 Å². The Kier molecular flexibility index (Phi) is 5.89. The highest BCUT2D eigenvalue weighted by atomic mass is 32.1. The zero-order valence-electron chi connectivity index (χ0n) is 15.3. The topological polar surface area (TPSA) is 44.4 Å². The zero-order chi connectivity index (χ0) is 18.5. The molecule has 0 unspecified atom stereocenters. The van der Waals surface area contributed by atoms with Crippen molar-refractivity contribution in [1.29, 1.82) is 0 Å². The maximum Gasteiger partial charge on any atom is 0.251 e. The van der Waals surface area contributed by atoms with Gasteiger partial charge in [0.1, 0.15) is 0 Å². The summed E-state index contributed by atoms with van der Waals surface area (Å²) >= 11 is 5.56. The van der Waals surface area contributed by atoms with Gasteiger partial charge in [-0.25, -0.2) is 0 Å². The van der Waals surface area contributed by atoms with Gasteiger partial charge in [0.2, 0.25) is 0 Å². The van der Waals surface area contributed by atoms with Crippen LogP contribution in [-0.4, -0.2) is 35.1 Å². The Morgan fingerprint density at radius 1 is 1.08 bits per heavy atom. The molecule has 136 valence electrons. The van der Waals surface area contributed by atoms with Crippen molar-refractivity contribution in [3.05, 3.63) is 65.2 Å². The van der Waals surface area contributed by atoms with Crippen molar-refractivity contribution in [2.75, 3.05) is 18.4 Å². The number of rotatable bonds is 3. The number of likely N-dealkylation sites (tertiary alicyclic amines) is 1. The molecule has 5 heteroatoms. The number of hydrogen-bond donors (Lipinski definition) is 2. The first-order valence-electron chi connectivity index (χ1n) is 9.02. The van der Waals surface area contributed by atoms with Crippen LogP contribution in [0.5, 0.6) is 0 Å². The molecule has 3 rings (SSSR count). The summed E-state index contributed by atoms with van der Waals surface area (Å²) in [7, 11) is 0. The first-order chi connectivity index (χ1) is 12.5. The summed E-state index contributed by atoms with van der Waals surface area (Å²) in [6.07, 6.45) is 1.79. The molecule has 2 aromatic carbocycles. The summed E-state index contributed by atoms with van der Waals surface area (Å²) in [4.78, 5) is 14.6. The third-order valence-corrected chi connectivity index (χ3v) is 5.14. The number of aryl methyl sites for hydroxylation is 2. The fourth-order valence-corrected chi connectivity index (χ4v) is 3.48. The second-order valence-electron chi connectivity index (χ2n) is 6.85. The number of carbonyl (C=O) groups is 1. The molecule has 4 nitrogen and oxygen atoms in total. The summed E-state index contributed by atoms with van der Waals surface area (Å²) in [6, 6.07) is 16.0. The highest BCUT2D eigenvalue weighted by molar-refractivity contribution is 7.80. The van der Waals surface area contributed by atoms with Crippen LogP contribution >= 0.6 is 12.2 Å². The number of amides is 1. The number of para-hydroxylation sites is 1. The molecule has 0 spiro atoms. The van der Waals surface area contributed by atoms with Crippen molar-refractivity contribution in [3.63, 3.8) is 0 Å². The maximum atomic E-state index is 12.4. The van der Waals surface area contributed by atoms with Crippen molar-refractivity contribution in [3.8, 4) is 0 Å². The van der Waals surface area contributed by atoms with E-state index in [0.717, 1.165) is 47.9 Å². The molecule has 1 saturated heterocycles. The lowest BCUT2D eigenvalue weighted by atomic mass is 10.0. The highest BCUT2D eigenvalue weighted by Gasteiger charge is 2.22. The lowest BCUT2D eigenvalue weighted by Gasteiger charge is -2.34.